The predicted octanol–water partition coefficient (Wildman–Crippen LogP) is 2.35. The van der Waals surface area contributed by atoms with Crippen LogP contribution in [0.4, 0.5) is 5.82 Å². The highest BCUT2D eigenvalue weighted by atomic mass is 32.2. The molecule has 2 aromatic heterocycles. The Bertz CT molecular complexity index is 874. The van der Waals surface area contributed by atoms with Crippen molar-refractivity contribution >= 4 is 39.7 Å². The minimum absolute atomic E-state index is 0.0466. The summed E-state index contributed by atoms with van der Waals surface area (Å²) in [5, 5.41) is 10.5. The van der Waals surface area contributed by atoms with Crippen molar-refractivity contribution in [3.05, 3.63) is 30.1 Å². The number of para-hydroxylation sites is 1. The number of hydrogen-bond donors (Lipinski definition) is 3. The van der Waals surface area contributed by atoms with Gasteiger partial charge in [0, 0.05) is 23.9 Å². The van der Waals surface area contributed by atoms with E-state index in [-0.39, 0.29) is 12.1 Å². The maximum absolute atomic E-state index is 9.43. The van der Waals surface area contributed by atoms with Gasteiger partial charge in [-0.2, -0.15) is 0 Å². The highest BCUT2D eigenvalue weighted by molar-refractivity contribution is 7.96. The fraction of sp³-hybridized carbons (Fsp3) is 0.412. The summed E-state index contributed by atoms with van der Waals surface area (Å²) in [5.74, 6) is 1.26. The molecule has 128 valence electrons. The van der Waals surface area contributed by atoms with E-state index in [4.69, 9.17) is 5.73 Å². The molecule has 3 rings (SSSR count). The zero-order valence-corrected chi connectivity index (χ0v) is 15.0. The van der Waals surface area contributed by atoms with Gasteiger partial charge in [0.05, 0.1) is 17.6 Å². The average Bonchev–Trinajstić information content (AvgIpc) is 2.87. The van der Waals surface area contributed by atoms with Crippen LogP contribution in [0.15, 0.2) is 24.3 Å². The minimum atomic E-state index is -0.142. The summed E-state index contributed by atoms with van der Waals surface area (Å²) in [4.78, 5) is 9.15. The molecule has 1 aromatic carbocycles. The largest absolute Gasteiger partial charge is 0.396 e. The zero-order valence-electron chi connectivity index (χ0n) is 14.2. The lowest BCUT2D eigenvalue weighted by Gasteiger charge is -2.27. The topological polar surface area (TPSA) is 89.0 Å². The summed E-state index contributed by atoms with van der Waals surface area (Å²) in [5.41, 5.74) is 8.56. The molecule has 4 N–H and O–H groups in total. The highest BCUT2D eigenvalue weighted by Gasteiger charge is 2.23. The number of fused-ring (bicyclic) bond motifs is 3. The molecule has 0 aliphatic carbocycles. The lowest BCUT2D eigenvalue weighted by Crippen LogP contribution is -2.39. The summed E-state index contributed by atoms with van der Waals surface area (Å²) in [6, 6.07) is 7.95. The van der Waals surface area contributed by atoms with E-state index >= 15 is 0 Å². The molecule has 2 heterocycles. The maximum atomic E-state index is 9.43. The fourth-order valence-corrected chi connectivity index (χ4v) is 3.69. The van der Waals surface area contributed by atoms with E-state index in [0.717, 1.165) is 22.2 Å². The van der Waals surface area contributed by atoms with Gasteiger partial charge < -0.3 is 15.4 Å². The van der Waals surface area contributed by atoms with Gasteiger partial charge in [0.15, 0.2) is 5.82 Å². The van der Waals surface area contributed by atoms with Crippen LogP contribution in [0.1, 0.15) is 19.7 Å². The Balaban J connectivity index is 2.29. The molecule has 0 unspecified atom stereocenters. The van der Waals surface area contributed by atoms with Gasteiger partial charge >= 0.3 is 0 Å². The van der Waals surface area contributed by atoms with Gasteiger partial charge in [-0.05, 0) is 26.2 Å². The molecule has 0 saturated heterocycles. The van der Waals surface area contributed by atoms with Crippen molar-refractivity contribution in [3.8, 4) is 0 Å². The number of nitrogens with zero attached hydrogens (tertiary/aromatic N) is 3. The Morgan fingerprint density at radius 1 is 1.29 bits per heavy atom. The molecule has 0 saturated carbocycles. The molecule has 24 heavy (non-hydrogen) atoms. The molecular formula is C17H23N5OS. The molecule has 0 bridgehead atoms. The standard InChI is InChI=1S/C17H23N5OS/c1-17(2,21-24-3)10-22-13(8-9-23)20-14-15(22)11-6-4-5-7-12(11)19-16(14)18/h4-7,21,23H,8-10H2,1-3H3,(H2,18,19). The maximum Gasteiger partial charge on any atom is 0.152 e. The van der Waals surface area contributed by atoms with Gasteiger partial charge in [-0.15, -0.1) is 0 Å². The third kappa shape index (κ3) is 3.07. The lowest BCUT2D eigenvalue weighted by molar-refractivity contribution is 0.292. The van der Waals surface area contributed by atoms with Crippen molar-refractivity contribution < 1.29 is 5.11 Å². The van der Waals surface area contributed by atoms with Crippen LogP contribution in [0, 0.1) is 0 Å². The Morgan fingerprint density at radius 2 is 2.04 bits per heavy atom. The van der Waals surface area contributed by atoms with Crippen LogP contribution >= 0.6 is 11.9 Å². The SMILES string of the molecule is CSNC(C)(C)Cn1c(CCO)nc2c(N)nc3ccccc3c21. The molecule has 0 fully saturated rings. The molecular weight excluding hydrogens is 322 g/mol. The predicted molar refractivity (Wildman–Crippen MR) is 101 cm³/mol. The first-order valence-corrected chi connectivity index (χ1v) is 9.13. The van der Waals surface area contributed by atoms with Crippen molar-refractivity contribution in [2.45, 2.75) is 32.4 Å². The molecule has 0 aliphatic heterocycles. The smallest absolute Gasteiger partial charge is 0.152 e. The second-order valence-electron chi connectivity index (χ2n) is 6.49. The number of aliphatic hydroxyl groups is 1. The van der Waals surface area contributed by atoms with Crippen LogP contribution in [0.25, 0.3) is 21.9 Å². The second-order valence-corrected chi connectivity index (χ2v) is 7.10. The molecule has 3 aromatic rings. The molecule has 7 heteroatoms. The summed E-state index contributed by atoms with van der Waals surface area (Å²) >= 11 is 1.59. The number of benzene rings is 1. The second kappa shape index (κ2) is 6.58. The van der Waals surface area contributed by atoms with Crippen molar-refractivity contribution in [3.63, 3.8) is 0 Å². The molecule has 6 nitrogen and oxygen atoms in total. The molecule has 0 aliphatic rings. The summed E-state index contributed by atoms with van der Waals surface area (Å²) in [7, 11) is 0. The van der Waals surface area contributed by atoms with Gasteiger partial charge in [-0.25, -0.2) is 9.97 Å². The first-order chi connectivity index (χ1) is 11.5. The van der Waals surface area contributed by atoms with Crippen LogP contribution in [0.5, 0.6) is 0 Å². The number of nitrogens with two attached hydrogens (primary N) is 1. The van der Waals surface area contributed by atoms with E-state index in [2.05, 4.69) is 33.1 Å². The lowest BCUT2D eigenvalue weighted by atomic mass is 10.1. The molecule has 0 atom stereocenters. The number of nitrogens with one attached hydrogen (secondary N) is 1. The quantitative estimate of drug-likeness (QED) is 0.594. The van der Waals surface area contributed by atoms with E-state index in [1.807, 2.05) is 30.5 Å². The van der Waals surface area contributed by atoms with Crippen LogP contribution in [-0.2, 0) is 13.0 Å². The Morgan fingerprint density at radius 3 is 2.75 bits per heavy atom. The third-order valence-corrected chi connectivity index (χ3v) is 4.71. The van der Waals surface area contributed by atoms with E-state index in [0.29, 0.717) is 24.3 Å². The number of anilines is 1. The van der Waals surface area contributed by atoms with Gasteiger partial charge in [-0.3, -0.25) is 4.72 Å². The van der Waals surface area contributed by atoms with E-state index in [1.54, 1.807) is 11.9 Å². The van der Waals surface area contributed by atoms with Gasteiger partial charge in [-0.1, -0.05) is 30.1 Å². The van der Waals surface area contributed by atoms with E-state index < -0.39 is 0 Å². The summed E-state index contributed by atoms with van der Waals surface area (Å²) in [6.07, 6.45) is 2.50. The van der Waals surface area contributed by atoms with Gasteiger partial charge in [0.1, 0.15) is 11.3 Å². The van der Waals surface area contributed by atoms with Crippen molar-refractivity contribution in [1.82, 2.24) is 19.3 Å². The third-order valence-electron chi connectivity index (χ3n) is 3.96. The van der Waals surface area contributed by atoms with Gasteiger partial charge in [0.2, 0.25) is 0 Å². The Hall–Kier alpha value is -1.83. The molecule has 0 amide bonds. The van der Waals surface area contributed by atoms with Crippen LogP contribution in [0.3, 0.4) is 0 Å². The zero-order chi connectivity index (χ0) is 17.3. The summed E-state index contributed by atoms with van der Waals surface area (Å²) in [6.45, 7) is 5.05. The van der Waals surface area contributed by atoms with E-state index in [9.17, 15) is 5.11 Å². The van der Waals surface area contributed by atoms with Gasteiger partial charge in [0.25, 0.3) is 0 Å². The van der Waals surface area contributed by atoms with Crippen molar-refractivity contribution in [1.29, 1.82) is 0 Å². The molecule has 0 radical (unpaired) electrons. The first-order valence-electron chi connectivity index (χ1n) is 7.91. The van der Waals surface area contributed by atoms with Crippen molar-refractivity contribution in [2.24, 2.45) is 0 Å². The number of hydrogen-bond acceptors (Lipinski definition) is 6. The number of nitrogen functional groups attached to an aromatic ring is 1. The van der Waals surface area contributed by atoms with Crippen LogP contribution < -0.4 is 10.5 Å². The fourth-order valence-electron chi connectivity index (χ4n) is 3.07. The normalized spacial score (nSPS) is 12.3. The Labute approximate surface area is 145 Å². The number of rotatable bonds is 6. The van der Waals surface area contributed by atoms with E-state index in [1.165, 1.54) is 0 Å². The minimum Gasteiger partial charge on any atom is -0.396 e. The van der Waals surface area contributed by atoms with Crippen LogP contribution in [0.2, 0.25) is 0 Å². The number of aliphatic hydroxyl groups excluding tert-OH is 1. The number of aromatic nitrogens is 3. The summed E-state index contributed by atoms with van der Waals surface area (Å²) < 4.78 is 5.58. The number of imidazole rings is 1. The molecule has 0 spiro atoms. The Kier molecular flexibility index (Phi) is 4.67. The highest BCUT2D eigenvalue weighted by Crippen LogP contribution is 2.30. The average molecular weight is 345 g/mol. The first kappa shape index (κ1) is 17.0. The van der Waals surface area contributed by atoms with Crippen LogP contribution in [-0.4, -0.2) is 38.0 Å². The number of pyridine rings is 1. The monoisotopic (exact) mass is 345 g/mol. The van der Waals surface area contributed by atoms with Crippen molar-refractivity contribution in [2.75, 3.05) is 18.6 Å².